The van der Waals surface area contributed by atoms with Gasteiger partial charge in [-0.15, -0.1) is 0 Å². The van der Waals surface area contributed by atoms with E-state index in [1.54, 1.807) is 0 Å². The van der Waals surface area contributed by atoms with Gasteiger partial charge in [0, 0.05) is 53.4 Å². The summed E-state index contributed by atoms with van der Waals surface area (Å²) in [7, 11) is 2.32. The molecule has 3 amide bonds. The van der Waals surface area contributed by atoms with Crippen LogP contribution in [-0.4, -0.2) is 90.8 Å². The molecule has 57 heavy (non-hydrogen) atoms. The second-order valence-corrected chi connectivity index (χ2v) is 16.8. The van der Waals surface area contributed by atoms with Crippen LogP contribution in [-0.2, 0) is 14.4 Å². The number of allylic oxidation sites excluding steroid dienone is 6. The maximum atomic E-state index is 14.3. The van der Waals surface area contributed by atoms with Crippen LogP contribution in [0.4, 0.5) is 0 Å². The molecule has 1 N–H and O–H groups in total. The van der Waals surface area contributed by atoms with Crippen molar-refractivity contribution in [2.75, 3.05) is 14.1 Å². The Kier molecular flexibility index (Phi) is 12.2. The molecule has 0 saturated carbocycles. The van der Waals surface area contributed by atoms with Crippen molar-refractivity contribution in [3.63, 3.8) is 0 Å². The van der Waals surface area contributed by atoms with Crippen LogP contribution in [0.3, 0.4) is 0 Å². The number of rotatable bonds is 9. The van der Waals surface area contributed by atoms with Gasteiger partial charge in [0.1, 0.15) is 32.2 Å². The largest absolute Gasteiger partial charge is 0.320 e. The van der Waals surface area contributed by atoms with Crippen molar-refractivity contribution < 1.29 is 43.2 Å². The molecule has 3 aliphatic rings. The first kappa shape index (κ1) is 42.2. The summed E-state index contributed by atoms with van der Waals surface area (Å²) < 4.78 is 0. The number of Topliss-reactive ketones (excluding diaryl/α,β-unsaturated/α-hetero) is 6. The lowest BCUT2D eigenvalue weighted by Gasteiger charge is -2.35. The molecule has 0 aliphatic heterocycles. The molecule has 3 atom stereocenters. The van der Waals surface area contributed by atoms with E-state index >= 15 is 0 Å². The van der Waals surface area contributed by atoms with Crippen LogP contribution < -0.4 is 5.32 Å². The average molecular weight is 1020 g/mol. The van der Waals surface area contributed by atoms with Gasteiger partial charge in [0.15, 0.2) is 0 Å². The number of carbonyl (C=O) groups excluding carboxylic acids is 9. The zero-order chi connectivity index (χ0) is 41.8. The summed E-state index contributed by atoms with van der Waals surface area (Å²) >= 11 is 29.0. The number of carbonyl (C=O) groups is 9. The van der Waals surface area contributed by atoms with Crippen LogP contribution in [0.25, 0.3) is 0 Å². The van der Waals surface area contributed by atoms with Crippen LogP contribution in [0.2, 0.25) is 0 Å². The van der Waals surface area contributed by atoms with Crippen LogP contribution in [0, 0.1) is 5.92 Å². The van der Waals surface area contributed by atoms with Gasteiger partial charge in [-0.05, 0) is 0 Å². The van der Waals surface area contributed by atoms with E-state index < -0.39 is 105 Å². The Bertz CT molecular complexity index is 2400. The monoisotopic (exact) mass is 1020 g/mol. The van der Waals surface area contributed by atoms with E-state index in [0.29, 0.717) is 0 Å². The highest BCUT2D eigenvalue weighted by Gasteiger charge is 2.48. The Labute approximate surface area is 363 Å². The standard InChI is InChI=1S/C39H23Br3Cl3N3O9/c1-47(29-26(44)32(50)16-10-4-7-13-19(16)35(29)53)38(56)23(41)21(22(40)37(55)46-28-25(43)31(49)15-9-3-6-12-18(15)34(28)52)24(42)39(57)48(2)30-27(45)33(51)17-11-5-8-14-20(17)36(30)54/h3-14,21-24H,1-2H3,(H,46,55). The summed E-state index contributed by atoms with van der Waals surface area (Å²) in [4.78, 5) is 120. The highest BCUT2D eigenvalue weighted by atomic mass is 79.9. The number of amides is 3. The lowest BCUT2D eigenvalue weighted by molar-refractivity contribution is -0.130. The first-order chi connectivity index (χ1) is 26.9. The number of likely N-dealkylation sites (N-methyl/N-ethyl adjacent to an activating group) is 2. The topological polar surface area (TPSA) is 172 Å². The number of ketones is 6. The van der Waals surface area contributed by atoms with E-state index in [1.165, 1.54) is 72.8 Å². The van der Waals surface area contributed by atoms with Crippen molar-refractivity contribution in [1.29, 1.82) is 0 Å². The van der Waals surface area contributed by atoms with Gasteiger partial charge in [-0.1, -0.05) is 155 Å². The van der Waals surface area contributed by atoms with Gasteiger partial charge in [-0.3, -0.25) is 43.2 Å². The minimum absolute atomic E-state index is 0.0136. The van der Waals surface area contributed by atoms with Crippen molar-refractivity contribution >= 4 is 135 Å². The summed E-state index contributed by atoms with van der Waals surface area (Å²) in [5.41, 5.74) is -1.55. The number of benzene rings is 3. The van der Waals surface area contributed by atoms with E-state index in [4.69, 9.17) is 34.8 Å². The quantitative estimate of drug-likeness (QED) is 0.235. The highest BCUT2D eigenvalue weighted by Crippen LogP contribution is 2.38. The number of hydrogen-bond acceptors (Lipinski definition) is 9. The van der Waals surface area contributed by atoms with Crippen LogP contribution in [0.5, 0.6) is 0 Å². The minimum atomic E-state index is -1.62. The van der Waals surface area contributed by atoms with Gasteiger partial charge >= 0.3 is 0 Å². The maximum absolute atomic E-state index is 14.3. The fourth-order valence-electron chi connectivity index (χ4n) is 6.45. The van der Waals surface area contributed by atoms with Gasteiger partial charge in [-0.2, -0.15) is 0 Å². The normalized spacial score (nSPS) is 17.4. The number of fused-ring (bicyclic) bond motifs is 3. The summed E-state index contributed by atoms with van der Waals surface area (Å²) in [5, 5.41) is 0.633. The highest BCUT2D eigenvalue weighted by molar-refractivity contribution is 9.11. The lowest BCUT2D eigenvalue weighted by Crippen LogP contribution is -2.52. The first-order valence-electron chi connectivity index (χ1n) is 16.4. The smallest absolute Gasteiger partial charge is 0.241 e. The third-order valence-corrected chi connectivity index (χ3v) is 13.5. The molecule has 3 aromatic rings. The number of alkyl halides is 3. The van der Waals surface area contributed by atoms with E-state index in [-0.39, 0.29) is 33.4 Å². The van der Waals surface area contributed by atoms with Crippen molar-refractivity contribution in [3.05, 3.63) is 138 Å². The van der Waals surface area contributed by atoms with Crippen molar-refractivity contribution in [2.24, 2.45) is 5.92 Å². The minimum Gasteiger partial charge on any atom is -0.320 e. The summed E-state index contributed by atoms with van der Waals surface area (Å²) in [6.07, 6.45) is 0. The summed E-state index contributed by atoms with van der Waals surface area (Å²) in [6.45, 7) is 0. The maximum Gasteiger partial charge on any atom is 0.241 e. The SMILES string of the molecule is CN(C(=O)C(Br)C(C(Br)C(=O)NC1=C(Cl)C(=O)c2ccccc2C1=O)C(Br)C(=O)N(C)C1=C(Cl)C(=O)c2ccccc2C1=O)C1=C(Cl)C(=O)c2ccccc2C1=O. The molecular weight excluding hydrogens is 1000 g/mol. The molecule has 3 aromatic carbocycles. The van der Waals surface area contributed by atoms with Gasteiger partial charge < -0.3 is 15.1 Å². The van der Waals surface area contributed by atoms with Crippen molar-refractivity contribution in [1.82, 2.24) is 15.1 Å². The predicted molar refractivity (Wildman–Crippen MR) is 219 cm³/mol. The van der Waals surface area contributed by atoms with E-state index in [9.17, 15) is 43.2 Å². The molecule has 290 valence electrons. The molecule has 0 saturated heterocycles. The van der Waals surface area contributed by atoms with Gasteiger partial charge in [-0.25, -0.2) is 0 Å². The van der Waals surface area contributed by atoms with Crippen LogP contribution >= 0.6 is 82.6 Å². The Balaban J connectivity index is 1.37. The summed E-state index contributed by atoms with van der Waals surface area (Å²) in [5.74, 6) is -9.07. The van der Waals surface area contributed by atoms with Crippen LogP contribution in [0.1, 0.15) is 62.1 Å². The number of nitrogens with zero attached hydrogens (tertiary/aromatic N) is 2. The lowest BCUT2D eigenvalue weighted by atomic mass is 9.90. The third kappa shape index (κ3) is 7.23. The van der Waals surface area contributed by atoms with Crippen molar-refractivity contribution in [3.8, 4) is 0 Å². The molecule has 12 nitrogen and oxygen atoms in total. The van der Waals surface area contributed by atoms with Crippen LogP contribution in [0.15, 0.2) is 105 Å². The second kappa shape index (κ2) is 16.5. The fourth-order valence-corrected chi connectivity index (χ4v) is 11.1. The molecule has 0 radical (unpaired) electrons. The Morgan fingerprint density at radius 3 is 1.14 bits per heavy atom. The molecular formula is C39H23Br3Cl3N3O9. The van der Waals surface area contributed by atoms with E-state index in [1.807, 2.05) is 0 Å². The first-order valence-corrected chi connectivity index (χ1v) is 20.3. The van der Waals surface area contributed by atoms with E-state index in [2.05, 4.69) is 53.1 Å². The van der Waals surface area contributed by atoms with Gasteiger partial charge in [0.2, 0.25) is 52.4 Å². The molecule has 0 fully saturated rings. The zero-order valence-electron chi connectivity index (χ0n) is 29.1. The van der Waals surface area contributed by atoms with E-state index in [0.717, 1.165) is 23.9 Å². The second-order valence-electron chi connectivity index (χ2n) is 12.7. The predicted octanol–water partition coefficient (Wildman–Crippen LogP) is 6.51. The summed E-state index contributed by atoms with van der Waals surface area (Å²) in [6, 6.07) is 17.5. The van der Waals surface area contributed by atoms with Crippen molar-refractivity contribution in [2.45, 2.75) is 14.5 Å². The number of hydrogen-bond donors (Lipinski definition) is 1. The number of nitrogens with one attached hydrogen (secondary N) is 1. The molecule has 18 heteroatoms. The Hall–Kier alpha value is -4.38. The molecule has 3 unspecified atom stereocenters. The number of halogens is 6. The molecule has 0 bridgehead atoms. The van der Waals surface area contributed by atoms with Gasteiger partial charge in [0.05, 0.1) is 14.5 Å². The molecule has 3 aliphatic carbocycles. The average Bonchev–Trinajstić information content (AvgIpc) is 3.21. The third-order valence-electron chi connectivity index (χ3n) is 9.46. The Morgan fingerprint density at radius 1 is 0.491 bits per heavy atom. The Morgan fingerprint density at radius 2 is 0.789 bits per heavy atom. The molecule has 6 rings (SSSR count). The fraction of sp³-hybridized carbons (Fsp3) is 0.154. The molecule has 0 heterocycles. The zero-order valence-corrected chi connectivity index (χ0v) is 36.1. The van der Waals surface area contributed by atoms with Gasteiger partial charge in [0.25, 0.3) is 0 Å². The molecule has 0 aromatic heterocycles. The molecule has 0 spiro atoms.